The second-order valence-electron chi connectivity index (χ2n) is 6.50. The van der Waals surface area contributed by atoms with Gasteiger partial charge in [-0.1, -0.05) is 36.4 Å². The van der Waals surface area contributed by atoms with Gasteiger partial charge in [-0.2, -0.15) is 0 Å². The van der Waals surface area contributed by atoms with Gasteiger partial charge in [0.05, 0.1) is 11.0 Å². The molecule has 1 heterocycles. The van der Waals surface area contributed by atoms with Crippen molar-refractivity contribution in [3.05, 3.63) is 89.3 Å². The molecule has 0 radical (unpaired) electrons. The second-order valence-corrected chi connectivity index (χ2v) is 6.50. The Morgan fingerprint density at radius 1 is 0.808 bits per heavy atom. The summed E-state index contributed by atoms with van der Waals surface area (Å²) in [5.74, 6) is 0.934. The van der Waals surface area contributed by atoms with E-state index in [9.17, 15) is 5.11 Å². The molecular formula is C23H19NO2. The highest BCUT2D eigenvalue weighted by atomic mass is 16.3. The van der Waals surface area contributed by atoms with Crippen molar-refractivity contribution in [1.82, 2.24) is 0 Å². The van der Waals surface area contributed by atoms with E-state index >= 15 is 0 Å². The van der Waals surface area contributed by atoms with E-state index < -0.39 is 0 Å². The molecule has 0 spiro atoms. The normalized spacial score (nSPS) is 11.8. The van der Waals surface area contributed by atoms with Gasteiger partial charge in [-0.25, -0.2) is 4.99 Å². The van der Waals surface area contributed by atoms with Gasteiger partial charge in [0, 0.05) is 17.0 Å². The monoisotopic (exact) mass is 341 g/mol. The summed E-state index contributed by atoms with van der Waals surface area (Å²) in [5.41, 5.74) is 4.89. The molecule has 0 aliphatic rings. The maximum absolute atomic E-state index is 9.91. The number of hydrogen-bond acceptors (Lipinski definition) is 3. The first kappa shape index (κ1) is 16.2. The summed E-state index contributed by atoms with van der Waals surface area (Å²) in [6.45, 7) is 4.12. The smallest absolute Gasteiger partial charge is 0.137 e. The summed E-state index contributed by atoms with van der Waals surface area (Å²) in [6, 6.07) is 23.2. The highest BCUT2D eigenvalue weighted by molar-refractivity contribution is 5.80. The van der Waals surface area contributed by atoms with Crippen LogP contribution in [0.2, 0.25) is 0 Å². The summed E-state index contributed by atoms with van der Waals surface area (Å²) in [5, 5.41) is 11.5. The van der Waals surface area contributed by atoms with Crippen molar-refractivity contribution in [2.24, 2.45) is 4.99 Å². The Labute approximate surface area is 151 Å². The molecule has 3 aromatic carbocycles. The number of aryl methyl sites for hydroxylation is 2. The molecule has 4 aromatic rings. The molecule has 3 nitrogen and oxygen atoms in total. The highest BCUT2D eigenvalue weighted by Gasteiger charge is 2.07. The minimum absolute atomic E-state index is 0.192. The van der Waals surface area contributed by atoms with Crippen molar-refractivity contribution in [2.75, 3.05) is 0 Å². The van der Waals surface area contributed by atoms with Gasteiger partial charge in [0.1, 0.15) is 17.1 Å². The Kier molecular flexibility index (Phi) is 4.05. The number of benzene rings is 3. The number of rotatable bonds is 2. The molecule has 26 heavy (non-hydrogen) atoms. The van der Waals surface area contributed by atoms with Gasteiger partial charge in [-0.15, -0.1) is 0 Å². The van der Waals surface area contributed by atoms with Crippen molar-refractivity contribution in [3.8, 4) is 17.1 Å². The lowest BCUT2D eigenvalue weighted by atomic mass is 10.1. The van der Waals surface area contributed by atoms with Gasteiger partial charge in [0.15, 0.2) is 0 Å². The van der Waals surface area contributed by atoms with E-state index in [-0.39, 0.29) is 5.75 Å². The first-order valence-electron chi connectivity index (χ1n) is 8.54. The van der Waals surface area contributed by atoms with Crippen molar-refractivity contribution in [1.29, 1.82) is 0 Å². The van der Waals surface area contributed by atoms with Crippen LogP contribution in [0.15, 0.2) is 82.2 Å². The van der Waals surface area contributed by atoms with Crippen LogP contribution in [0.3, 0.4) is 0 Å². The molecular weight excluding hydrogens is 322 g/mol. The number of hydrogen-bond donors (Lipinski definition) is 1. The highest BCUT2D eigenvalue weighted by Crippen LogP contribution is 2.25. The fourth-order valence-electron chi connectivity index (χ4n) is 3.15. The summed E-state index contributed by atoms with van der Waals surface area (Å²) >= 11 is 0. The van der Waals surface area contributed by atoms with E-state index in [1.807, 2.05) is 48.5 Å². The zero-order chi connectivity index (χ0) is 18.1. The van der Waals surface area contributed by atoms with Crippen LogP contribution >= 0.6 is 0 Å². The van der Waals surface area contributed by atoms with Crippen molar-refractivity contribution < 1.29 is 9.52 Å². The average molecular weight is 341 g/mol. The lowest BCUT2D eigenvalue weighted by Gasteiger charge is -2.06. The van der Waals surface area contributed by atoms with E-state index in [2.05, 4.69) is 19.9 Å². The predicted octanol–water partition coefficient (Wildman–Crippen LogP) is 5.65. The quantitative estimate of drug-likeness (QED) is 0.512. The van der Waals surface area contributed by atoms with Crippen molar-refractivity contribution in [2.45, 2.75) is 13.8 Å². The lowest BCUT2D eigenvalue weighted by molar-refractivity contribution is 0.475. The summed E-state index contributed by atoms with van der Waals surface area (Å²) < 4.78 is 6.06. The first-order valence-corrected chi connectivity index (χ1v) is 8.54. The first-order chi connectivity index (χ1) is 12.6. The summed E-state index contributed by atoms with van der Waals surface area (Å²) in [7, 11) is 0. The Balaban J connectivity index is 2.02. The predicted molar refractivity (Wildman–Crippen MR) is 104 cm³/mol. The molecule has 4 rings (SSSR count). The molecule has 3 heteroatoms. The largest absolute Gasteiger partial charge is 0.508 e. The third-order valence-electron chi connectivity index (χ3n) is 4.24. The van der Waals surface area contributed by atoms with Crippen molar-refractivity contribution in [3.63, 3.8) is 0 Å². The van der Waals surface area contributed by atoms with E-state index in [0.29, 0.717) is 5.58 Å². The molecule has 0 fully saturated rings. The maximum atomic E-state index is 9.91. The van der Waals surface area contributed by atoms with Gasteiger partial charge in [0.2, 0.25) is 0 Å². The molecule has 0 atom stereocenters. The fraction of sp³-hybridized carbons (Fsp3) is 0.0870. The molecule has 0 unspecified atom stereocenters. The standard InChI is InChI=1S/C23H19NO2/c1-15-10-16(2)12-18(11-15)24-21-14-23(17-6-4-3-5-7-17)26-22-9-8-19(25)13-20(21)22/h3-14,25H,1-2H3. The molecule has 0 aliphatic carbocycles. The Bertz CT molecular complexity index is 1140. The third-order valence-corrected chi connectivity index (χ3v) is 4.24. The van der Waals surface area contributed by atoms with Crippen LogP contribution < -0.4 is 5.36 Å². The van der Waals surface area contributed by atoms with E-state index in [1.165, 1.54) is 11.1 Å². The molecule has 128 valence electrons. The molecule has 1 N–H and O–H groups in total. The van der Waals surface area contributed by atoms with Crippen LogP contribution in [0, 0.1) is 13.8 Å². The van der Waals surface area contributed by atoms with E-state index in [1.54, 1.807) is 18.2 Å². The number of phenolic OH excluding ortho intramolecular Hbond substituents is 1. The number of fused-ring (bicyclic) bond motifs is 1. The Morgan fingerprint density at radius 2 is 1.54 bits per heavy atom. The van der Waals surface area contributed by atoms with Gasteiger partial charge >= 0.3 is 0 Å². The fourth-order valence-corrected chi connectivity index (χ4v) is 3.15. The molecule has 0 amide bonds. The summed E-state index contributed by atoms with van der Waals surface area (Å²) in [4.78, 5) is 4.85. The second kappa shape index (κ2) is 6.52. The van der Waals surface area contributed by atoms with Gasteiger partial charge in [-0.05, 0) is 55.3 Å². The number of aromatic hydroxyl groups is 1. The van der Waals surface area contributed by atoms with Crippen LogP contribution in [0.1, 0.15) is 11.1 Å². The minimum Gasteiger partial charge on any atom is -0.508 e. The third kappa shape index (κ3) is 3.24. The van der Waals surface area contributed by atoms with Crippen LogP contribution in [0.25, 0.3) is 22.3 Å². The Hall–Kier alpha value is -3.33. The Morgan fingerprint density at radius 3 is 2.27 bits per heavy atom. The van der Waals surface area contributed by atoms with Crippen LogP contribution in [-0.4, -0.2) is 5.11 Å². The molecule has 0 bridgehead atoms. The van der Waals surface area contributed by atoms with Crippen molar-refractivity contribution >= 4 is 16.7 Å². The molecule has 1 aromatic heterocycles. The van der Waals surface area contributed by atoms with Gasteiger partial charge in [-0.3, -0.25) is 0 Å². The topological polar surface area (TPSA) is 45.7 Å². The van der Waals surface area contributed by atoms with Gasteiger partial charge in [0.25, 0.3) is 0 Å². The van der Waals surface area contributed by atoms with Gasteiger partial charge < -0.3 is 9.52 Å². The van der Waals surface area contributed by atoms with E-state index in [0.717, 1.165) is 27.8 Å². The zero-order valence-corrected chi connectivity index (χ0v) is 14.7. The summed E-state index contributed by atoms with van der Waals surface area (Å²) in [6.07, 6.45) is 0. The lowest BCUT2D eigenvalue weighted by Crippen LogP contribution is -2.03. The van der Waals surface area contributed by atoms with Crippen LogP contribution in [0.4, 0.5) is 5.69 Å². The number of phenols is 1. The maximum Gasteiger partial charge on any atom is 0.137 e. The number of nitrogens with zero attached hydrogens (tertiary/aromatic N) is 1. The molecule has 0 aliphatic heterocycles. The van der Waals surface area contributed by atoms with Crippen LogP contribution in [0.5, 0.6) is 5.75 Å². The minimum atomic E-state index is 0.192. The van der Waals surface area contributed by atoms with Crippen LogP contribution in [-0.2, 0) is 0 Å². The van der Waals surface area contributed by atoms with E-state index in [4.69, 9.17) is 9.41 Å². The zero-order valence-electron chi connectivity index (χ0n) is 14.7. The SMILES string of the molecule is Cc1cc(C)cc(N=c2cc(-c3ccccc3)oc3ccc(O)cc23)c1. The molecule has 0 saturated carbocycles. The molecule has 0 saturated heterocycles. The average Bonchev–Trinajstić information content (AvgIpc) is 2.62.